The lowest BCUT2D eigenvalue weighted by molar-refractivity contribution is -0.193. The van der Waals surface area contributed by atoms with Crippen LogP contribution in [0.2, 0.25) is 0 Å². The molecule has 2 rings (SSSR count). The van der Waals surface area contributed by atoms with E-state index in [1.54, 1.807) is 6.08 Å². The highest BCUT2D eigenvalue weighted by molar-refractivity contribution is 5.84. The molecule has 1 atom stereocenters. The van der Waals surface area contributed by atoms with Crippen molar-refractivity contribution in [3.05, 3.63) is 53.8 Å². The van der Waals surface area contributed by atoms with Crippen LogP contribution in [-0.4, -0.2) is 12.3 Å². The summed E-state index contributed by atoms with van der Waals surface area (Å²) in [6, 6.07) is 9.85. The zero-order valence-corrected chi connectivity index (χ0v) is 11.4. The number of carbonyl (C=O) groups is 1. The van der Waals surface area contributed by atoms with E-state index in [1.807, 2.05) is 57.2 Å². The molecule has 0 saturated carbocycles. The normalized spacial score (nSPS) is 19.8. The van der Waals surface area contributed by atoms with Gasteiger partial charge in [0.25, 0.3) is 0 Å². The van der Waals surface area contributed by atoms with E-state index in [9.17, 15) is 4.79 Å². The molecule has 0 spiro atoms. The second-order valence-corrected chi connectivity index (χ2v) is 5.54. The van der Waals surface area contributed by atoms with Crippen molar-refractivity contribution in [3.63, 3.8) is 0 Å². The van der Waals surface area contributed by atoms with Crippen molar-refractivity contribution in [2.24, 2.45) is 5.41 Å². The molecule has 0 fully saturated rings. The molecule has 0 saturated heterocycles. The van der Waals surface area contributed by atoms with Gasteiger partial charge in [-0.2, -0.15) is 0 Å². The van der Waals surface area contributed by atoms with Gasteiger partial charge >= 0.3 is 5.97 Å². The fraction of sp³-hybridized carbons (Fsp3) is 0.312. The Balaban J connectivity index is 2.12. The van der Waals surface area contributed by atoms with Crippen LogP contribution >= 0.6 is 0 Å². The predicted octanol–water partition coefficient (Wildman–Crippen LogP) is 3.53. The number of ether oxygens (including phenoxy) is 2. The van der Waals surface area contributed by atoms with Gasteiger partial charge in [-0.25, -0.2) is 4.79 Å². The van der Waals surface area contributed by atoms with Crippen LogP contribution in [0.5, 0.6) is 0 Å². The maximum absolute atomic E-state index is 11.5. The summed E-state index contributed by atoms with van der Waals surface area (Å²) in [6.45, 7) is 5.90. The van der Waals surface area contributed by atoms with Crippen LogP contribution in [0.25, 0.3) is 6.08 Å². The van der Waals surface area contributed by atoms with E-state index in [1.165, 1.54) is 6.08 Å². The number of allylic oxidation sites excluding steroid dienone is 1. The van der Waals surface area contributed by atoms with Gasteiger partial charge in [0.1, 0.15) is 5.76 Å². The molecule has 1 heterocycles. The van der Waals surface area contributed by atoms with Gasteiger partial charge in [-0.3, -0.25) is 0 Å². The summed E-state index contributed by atoms with van der Waals surface area (Å²) >= 11 is 0. The summed E-state index contributed by atoms with van der Waals surface area (Å²) < 4.78 is 10.8. The standard InChI is InChI=1S/C16H18O3/c1-16(2,3)15-18-13(11-14(17)19-15)10-9-12-7-5-4-6-8-12/h4-11,15H,1-3H3/b10-9+. The van der Waals surface area contributed by atoms with Crippen LogP contribution in [0.4, 0.5) is 0 Å². The Morgan fingerprint density at radius 3 is 2.37 bits per heavy atom. The Hall–Kier alpha value is -2.03. The molecular formula is C16H18O3. The first-order valence-electron chi connectivity index (χ1n) is 6.27. The van der Waals surface area contributed by atoms with Crippen LogP contribution < -0.4 is 0 Å². The van der Waals surface area contributed by atoms with Gasteiger partial charge in [-0.1, -0.05) is 57.2 Å². The molecule has 100 valence electrons. The van der Waals surface area contributed by atoms with Gasteiger partial charge in [-0.05, 0) is 11.6 Å². The zero-order chi connectivity index (χ0) is 13.9. The molecule has 0 aliphatic carbocycles. The van der Waals surface area contributed by atoms with Crippen molar-refractivity contribution in [3.8, 4) is 0 Å². The highest BCUT2D eigenvalue weighted by Crippen LogP contribution is 2.28. The summed E-state index contributed by atoms with van der Waals surface area (Å²) in [7, 11) is 0. The molecule has 19 heavy (non-hydrogen) atoms. The van der Waals surface area contributed by atoms with Crippen LogP contribution in [0.15, 0.2) is 48.2 Å². The van der Waals surface area contributed by atoms with E-state index in [0.717, 1.165) is 5.56 Å². The predicted molar refractivity (Wildman–Crippen MR) is 74.0 cm³/mol. The summed E-state index contributed by atoms with van der Waals surface area (Å²) in [6.07, 6.45) is 4.50. The van der Waals surface area contributed by atoms with Crippen molar-refractivity contribution in [1.82, 2.24) is 0 Å². The first-order chi connectivity index (χ1) is 8.95. The fourth-order valence-corrected chi connectivity index (χ4v) is 1.62. The van der Waals surface area contributed by atoms with E-state index in [-0.39, 0.29) is 11.4 Å². The molecule has 1 aliphatic rings. The smallest absolute Gasteiger partial charge is 0.337 e. The molecule has 0 amide bonds. The lowest BCUT2D eigenvalue weighted by atomic mass is 9.95. The second-order valence-electron chi connectivity index (χ2n) is 5.54. The van der Waals surface area contributed by atoms with E-state index < -0.39 is 6.29 Å². The van der Waals surface area contributed by atoms with Crippen molar-refractivity contribution < 1.29 is 14.3 Å². The quantitative estimate of drug-likeness (QED) is 0.761. The third-order valence-corrected chi connectivity index (χ3v) is 2.67. The first kappa shape index (κ1) is 13.4. The molecule has 3 heteroatoms. The Labute approximate surface area is 113 Å². The third kappa shape index (κ3) is 3.71. The number of hydrogen-bond acceptors (Lipinski definition) is 3. The molecule has 3 nitrogen and oxygen atoms in total. The number of esters is 1. The summed E-state index contributed by atoms with van der Waals surface area (Å²) in [5, 5.41) is 0. The van der Waals surface area contributed by atoms with Crippen LogP contribution in [0.1, 0.15) is 26.3 Å². The van der Waals surface area contributed by atoms with Gasteiger partial charge in [0.15, 0.2) is 0 Å². The van der Waals surface area contributed by atoms with Crippen molar-refractivity contribution in [2.45, 2.75) is 27.1 Å². The molecular weight excluding hydrogens is 240 g/mol. The topological polar surface area (TPSA) is 35.5 Å². The summed E-state index contributed by atoms with van der Waals surface area (Å²) in [5.74, 6) is 0.166. The van der Waals surface area contributed by atoms with Gasteiger partial charge < -0.3 is 9.47 Å². The molecule has 0 radical (unpaired) electrons. The van der Waals surface area contributed by atoms with Crippen LogP contribution in [0, 0.1) is 5.41 Å². The third-order valence-electron chi connectivity index (χ3n) is 2.67. The minimum atomic E-state index is -0.555. The van der Waals surface area contributed by atoms with Crippen molar-refractivity contribution >= 4 is 12.0 Å². The molecule has 0 bridgehead atoms. The van der Waals surface area contributed by atoms with Crippen molar-refractivity contribution in [2.75, 3.05) is 0 Å². The van der Waals surface area contributed by atoms with E-state index in [4.69, 9.17) is 9.47 Å². The Kier molecular flexibility index (Phi) is 3.74. The van der Waals surface area contributed by atoms with Gasteiger partial charge in [0.05, 0.1) is 6.08 Å². The minimum Gasteiger partial charge on any atom is -0.454 e. The highest BCUT2D eigenvalue weighted by Gasteiger charge is 2.33. The Bertz CT molecular complexity index is 507. The number of hydrogen-bond donors (Lipinski definition) is 0. The average molecular weight is 258 g/mol. The maximum Gasteiger partial charge on any atom is 0.337 e. The van der Waals surface area contributed by atoms with Crippen LogP contribution in [0.3, 0.4) is 0 Å². The second kappa shape index (κ2) is 5.31. The number of rotatable bonds is 2. The van der Waals surface area contributed by atoms with E-state index >= 15 is 0 Å². The van der Waals surface area contributed by atoms with E-state index in [2.05, 4.69) is 0 Å². The molecule has 1 aliphatic heterocycles. The minimum absolute atomic E-state index is 0.254. The molecule has 1 aromatic carbocycles. The summed E-state index contributed by atoms with van der Waals surface area (Å²) in [4.78, 5) is 11.5. The number of carbonyl (C=O) groups excluding carboxylic acids is 1. The molecule has 1 unspecified atom stereocenters. The van der Waals surface area contributed by atoms with Gasteiger partial charge in [-0.15, -0.1) is 0 Å². The molecule has 0 aromatic heterocycles. The first-order valence-corrected chi connectivity index (χ1v) is 6.27. The zero-order valence-electron chi connectivity index (χ0n) is 11.4. The number of benzene rings is 1. The van der Waals surface area contributed by atoms with E-state index in [0.29, 0.717) is 5.76 Å². The lowest BCUT2D eigenvalue weighted by Crippen LogP contribution is -2.36. The maximum atomic E-state index is 11.5. The van der Waals surface area contributed by atoms with Gasteiger partial charge in [0.2, 0.25) is 6.29 Å². The lowest BCUT2D eigenvalue weighted by Gasteiger charge is -2.32. The average Bonchev–Trinajstić information content (AvgIpc) is 2.36. The molecule has 1 aromatic rings. The summed E-state index contributed by atoms with van der Waals surface area (Å²) in [5.41, 5.74) is 0.800. The fourth-order valence-electron chi connectivity index (χ4n) is 1.62. The van der Waals surface area contributed by atoms with Gasteiger partial charge in [0, 0.05) is 5.41 Å². The Morgan fingerprint density at radius 2 is 1.74 bits per heavy atom. The Morgan fingerprint density at radius 1 is 1.05 bits per heavy atom. The van der Waals surface area contributed by atoms with Crippen LogP contribution in [-0.2, 0) is 14.3 Å². The number of cyclic esters (lactones) is 1. The SMILES string of the molecule is CC(C)(C)C1OC(=O)C=C(/C=C/c2ccccc2)O1. The van der Waals surface area contributed by atoms with Crippen molar-refractivity contribution in [1.29, 1.82) is 0 Å². The largest absolute Gasteiger partial charge is 0.454 e. The highest BCUT2D eigenvalue weighted by atomic mass is 16.7. The molecule has 0 N–H and O–H groups in total. The monoisotopic (exact) mass is 258 g/mol.